The summed E-state index contributed by atoms with van der Waals surface area (Å²) in [7, 11) is 0. The minimum Gasteiger partial charge on any atom is -0.236 e. The summed E-state index contributed by atoms with van der Waals surface area (Å²) in [5.41, 5.74) is 5.72. The van der Waals surface area contributed by atoms with Gasteiger partial charge in [-0.2, -0.15) is 5.10 Å². The van der Waals surface area contributed by atoms with Crippen LogP contribution in [0.2, 0.25) is 0 Å². The van der Waals surface area contributed by atoms with Crippen LogP contribution in [0.25, 0.3) is 28.0 Å². The van der Waals surface area contributed by atoms with Crippen LogP contribution in [-0.4, -0.2) is 14.6 Å². The van der Waals surface area contributed by atoms with E-state index in [0.717, 1.165) is 44.6 Å². The van der Waals surface area contributed by atoms with Gasteiger partial charge < -0.3 is 0 Å². The van der Waals surface area contributed by atoms with Crippen LogP contribution in [0.4, 0.5) is 4.39 Å². The normalized spacial score (nSPS) is 11.2. The molecular formula is C20H15BrFN3. The van der Waals surface area contributed by atoms with Crippen molar-refractivity contribution in [2.45, 2.75) is 13.3 Å². The third kappa shape index (κ3) is 2.85. The van der Waals surface area contributed by atoms with Crippen LogP contribution in [0.5, 0.6) is 0 Å². The van der Waals surface area contributed by atoms with Gasteiger partial charge in [0.05, 0.1) is 11.4 Å². The van der Waals surface area contributed by atoms with Crippen LogP contribution in [0.3, 0.4) is 0 Å². The minimum atomic E-state index is -0.251. The molecule has 0 bridgehead atoms. The number of hydrogen-bond donors (Lipinski definition) is 0. The molecule has 0 saturated heterocycles. The van der Waals surface area contributed by atoms with Gasteiger partial charge in [0.15, 0.2) is 5.65 Å². The number of halogens is 2. The van der Waals surface area contributed by atoms with Crippen molar-refractivity contribution < 1.29 is 4.39 Å². The molecule has 0 unspecified atom stereocenters. The molecule has 0 saturated carbocycles. The Morgan fingerprint density at radius 2 is 1.64 bits per heavy atom. The van der Waals surface area contributed by atoms with Gasteiger partial charge in [0.2, 0.25) is 0 Å². The van der Waals surface area contributed by atoms with E-state index in [1.54, 1.807) is 18.3 Å². The number of fused-ring (bicyclic) bond motifs is 1. The van der Waals surface area contributed by atoms with Crippen LogP contribution < -0.4 is 0 Å². The number of rotatable bonds is 3. The fourth-order valence-electron chi connectivity index (χ4n) is 2.99. The van der Waals surface area contributed by atoms with E-state index in [4.69, 9.17) is 5.10 Å². The summed E-state index contributed by atoms with van der Waals surface area (Å²) in [6.45, 7) is 2.09. The van der Waals surface area contributed by atoms with Crippen LogP contribution >= 0.6 is 15.9 Å². The summed E-state index contributed by atoms with van der Waals surface area (Å²) < 4.78 is 16.1. The molecule has 0 aliphatic rings. The molecule has 5 heteroatoms. The van der Waals surface area contributed by atoms with Gasteiger partial charge in [-0.3, -0.25) is 0 Å². The first-order chi connectivity index (χ1) is 12.2. The number of benzene rings is 2. The van der Waals surface area contributed by atoms with Crippen LogP contribution in [0.15, 0.2) is 65.3 Å². The zero-order valence-electron chi connectivity index (χ0n) is 13.6. The van der Waals surface area contributed by atoms with Crippen molar-refractivity contribution in [1.29, 1.82) is 0 Å². The van der Waals surface area contributed by atoms with E-state index in [9.17, 15) is 4.39 Å². The molecule has 0 N–H and O–H groups in total. The molecule has 0 radical (unpaired) electrons. The Hall–Kier alpha value is -2.53. The highest BCUT2D eigenvalue weighted by Gasteiger charge is 2.17. The first-order valence-corrected chi connectivity index (χ1v) is 8.85. The second kappa shape index (κ2) is 6.41. The molecule has 3 nitrogen and oxygen atoms in total. The lowest BCUT2D eigenvalue weighted by Gasteiger charge is -2.05. The van der Waals surface area contributed by atoms with Gasteiger partial charge in [-0.15, -0.1) is 0 Å². The van der Waals surface area contributed by atoms with Gasteiger partial charge in [-0.25, -0.2) is 13.9 Å². The Labute approximate surface area is 153 Å². The first-order valence-electron chi connectivity index (χ1n) is 8.06. The predicted molar refractivity (Wildman–Crippen MR) is 101 cm³/mol. The Bertz CT molecular complexity index is 1040. The van der Waals surface area contributed by atoms with E-state index >= 15 is 0 Å². The fourth-order valence-corrected chi connectivity index (χ4v) is 3.25. The quantitative estimate of drug-likeness (QED) is 0.456. The van der Waals surface area contributed by atoms with Crippen LogP contribution in [0, 0.1) is 5.82 Å². The topological polar surface area (TPSA) is 30.2 Å². The maximum absolute atomic E-state index is 13.3. The van der Waals surface area contributed by atoms with Gasteiger partial charge in [-0.1, -0.05) is 35.0 Å². The van der Waals surface area contributed by atoms with E-state index in [1.807, 2.05) is 22.7 Å². The third-order valence-electron chi connectivity index (χ3n) is 4.20. The number of aryl methyl sites for hydroxylation is 1. The summed E-state index contributed by atoms with van der Waals surface area (Å²) in [6.07, 6.45) is 2.58. The number of aromatic nitrogens is 3. The van der Waals surface area contributed by atoms with Crippen molar-refractivity contribution in [2.75, 3.05) is 0 Å². The lowest BCUT2D eigenvalue weighted by Crippen LogP contribution is -1.96. The van der Waals surface area contributed by atoms with Crippen molar-refractivity contribution >= 4 is 21.6 Å². The Kier molecular flexibility index (Phi) is 4.09. The van der Waals surface area contributed by atoms with E-state index in [1.165, 1.54) is 12.1 Å². The zero-order chi connectivity index (χ0) is 17.4. The summed E-state index contributed by atoms with van der Waals surface area (Å²) in [5.74, 6) is -0.251. The molecule has 0 atom stereocenters. The van der Waals surface area contributed by atoms with Crippen molar-refractivity contribution in [1.82, 2.24) is 14.6 Å². The maximum atomic E-state index is 13.3. The molecule has 0 aliphatic heterocycles. The monoisotopic (exact) mass is 395 g/mol. The van der Waals surface area contributed by atoms with Crippen molar-refractivity contribution in [3.63, 3.8) is 0 Å². The standard InChI is InChI=1S/C20H15BrFN3/c1-2-17-19(14-3-7-15(21)8-4-14)20-23-12-11-18(25(20)24-17)13-5-9-16(22)10-6-13/h3-12H,2H2,1H3. The number of hydrogen-bond acceptors (Lipinski definition) is 2. The van der Waals surface area contributed by atoms with E-state index in [-0.39, 0.29) is 5.82 Å². The molecule has 0 amide bonds. The molecule has 0 spiro atoms. The van der Waals surface area contributed by atoms with Gasteiger partial charge >= 0.3 is 0 Å². The average molecular weight is 396 g/mol. The molecule has 4 aromatic rings. The molecular weight excluding hydrogens is 381 g/mol. The lowest BCUT2D eigenvalue weighted by atomic mass is 10.0. The second-order valence-corrected chi connectivity index (χ2v) is 6.67. The van der Waals surface area contributed by atoms with Gasteiger partial charge in [-0.05, 0) is 54.4 Å². The van der Waals surface area contributed by atoms with Crippen molar-refractivity contribution in [2.24, 2.45) is 0 Å². The zero-order valence-corrected chi connectivity index (χ0v) is 15.2. The third-order valence-corrected chi connectivity index (χ3v) is 4.73. The minimum absolute atomic E-state index is 0.251. The molecule has 0 fully saturated rings. The summed E-state index contributed by atoms with van der Waals surface area (Å²) in [6, 6.07) is 16.5. The van der Waals surface area contributed by atoms with Crippen molar-refractivity contribution in [3.8, 4) is 22.4 Å². The van der Waals surface area contributed by atoms with Gasteiger partial charge in [0.1, 0.15) is 5.82 Å². The average Bonchev–Trinajstić information content (AvgIpc) is 3.02. The van der Waals surface area contributed by atoms with E-state index < -0.39 is 0 Å². The number of nitrogens with zero attached hydrogens (tertiary/aromatic N) is 3. The second-order valence-electron chi connectivity index (χ2n) is 5.75. The highest BCUT2D eigenvalue weighted by atomic mass is 79.9. The van der Waals surface area contributed by atoms with Gasteiger partial charge in [0, 0.05) is 21.8 Å². The van der Waals surface area contributed by atoms with Crippen LogP contribution in [0.1, 0.15) is 12.6 Å². The lowest BCUT2D eigenvalue weighted by molar-refractivity contribution is 0.628. The molecule has 2 aromatic heterocycles. The van der Waals surface area contributed by atoms with Crippen LogP contribution in [-0.2, 0) is 6.42 Å². The molecule has 124 valence electrons. The Morgan fingerprint density at radius 1 is 0.960 bits per heavy atom. The summed E-state index contributed by atoms with van der Waals surface area (Å²) in [5, 5.41) is 4.78. The largest absolute Gasteiger partial charge is 0.236 e. The van der Waals surface area contributed by atoms with Crippen molar-refractivity contribution in [3.05, 3.63) is 76.8 Å². The predicted octanol–water partition coefficient (Wildman–Crippen LogP) is 5.53. The highest BCUT2D eigenvalue weighted by Crippen LogP contribution is 2.31. The highest BCUT2D eigenvalue weighted by molar-refractivity contribution is 9.10. The Balaban J connectivity index is 1.97. The molecule has 2 aromatic carbocycles. The fraction of sp³-hybridized carbons (Fsp3) is 0.100. The van der Waals surface area contributed by atoms with Gasteiger partial charge in [0.25, 0.3) is 0 Å². The maximum Gasteiger partial charge on any atom is 0.163 e. The molecule has 2 heterocycles. The first kappa shape index (κ1) is 16.0. The molecule has 4 rings (SSSR count). The SMILES string of the molecule is CCc1nn2c(-c3ccc(F)cc3)ccnc2c1-c1ccc(Br)cc1. The van der Waals surface area contributed by atoms with E-state index in [0.29, 0.717) is 0 Å². The summed E-state index contributed by atoms with van der Waals surface area (Å²) >= 11 is 3.47. The summed E-state index contributed by atoms with van der Waals surface area (Å²) in [4.78, 5) is 4.57. The van der Waals surface area contributed by atoms with E-state index in [2.05, 4.69) is 40.0 Å². The molecule has 0 aliphatic carbocycles. The smallest absolute Gasteiger partial charge is 0.163 e. The molecule has 25 heavy (non-hydrogen) atoms. The Morgan fingerprint density at radius 3 is 2.32 bits per heavy atom.